The lowest BCUT2D eigenvalue weighted by molar-refractivity contribution is -0.385. The Hall–Kier alpha value is -6.12. The Bertz CT molecular complexity index is 2430. The van der Waals surface area contributed by atoms with E-state index in [1.807, 2.05) is 82.3 Å². The van der Waals surface area contributed by atoms with Crippen molar-refractivity contribution in [3.05, 3.63) is 157 Å². The van der Waals surface area contributed by atoms with Gasteiger partial charge in [0.2, 0.25) is 0 Å². The minimum absolute atomic E-state index is 0.0851. The highest BCUT2D eigenvalue weighted by Gasteiger charge is 2.23. The normalized spacial score (nSPS) is 10.7. The maximum Gasteiger partial charge on any atom is 0.350 e. The first-order valence-corrected chi connectivity index (χ1v) is 18.6. The first-order valence-electron chi connectivity index (χ1n) is 17.0. The quantitative estimate of drug-likeness (QED) is 0.0800. The van der Waals surface area contributed by atoms with Crippen molar-refractivity contribution in [3.63, 3.8) is 0 Å². The molecule has 0 saturated heterocycles. The number of carbonyl (C=O) groups is 2. The fourth-order valence-corrected chi connectivity index (χ4v) is 7.87. The number of nitro groups is 2. The predicted octanol–water partition coefficient (Wildman–Crippen LogP) is 9.95. The average Bonchev–Trinajstić information content (AvgIpc) is 3.76. The number of nitrogens with zero attached hydrogens (tertiary/aromatic N) is 4. The highest BCUT2D eigenvalue weighted by Crippen LogP contribution is 2.33. The van der Waals surface area contributed by atoms with E-state index in [1.54, 1.807) is 32.0 Å². The number of esters is 1. The molecule has 4 aromatic carbocycles. The number of aryl methyl sites for hydroxylation is 6. The van der Waals surface area contributed by atoms with Gasteiger partial charge < -0.3 is 9.84 Å². The van der Waals surface area contributed by atoms with E-state index in [2.05, 4.69) is 9.97 Å². The Morgan fingerprint density at radius 1 is 0.636 bits per heavy atom. The van der Waals surface area contributed by atoms with Gasteiger partial charge in [-0.25, -0.2) is 19.6 Å². The Balaban J connectivity index is 0.000000211. The van der Waals surface area contributed by atoms with Crippen LogP contribution in [0.25, 0.3) is 22.5 Å². The van der Waals surface area contributed by atoms with Crippen LogP contribution in [0.4, 0.5) is 11.4 Å². The lowest BCUT2D eigenvalue weighted by Crippen LogP contribution is -2.00. The molecule has 0 bridgehead atoms. The summed E-state index contributed by atoms with van der Waals surface area (Å²) in [7, 11) is 1.35. The van der Waals surface area contributed by atoms with Crippen LogP contribution in [0.2, 0.25) is 0 Å². The number of aromatic carboxylic acids is 1. The number of carbonyl (C=O) groups excluding carboxylic acids is 1. The molecule has 2 aromatic heterocycles. The molecular weight excluding hydrogens is 741 g/mol. The lowest BCUT2D eigenvalue weighted by atomic mass is 10.0. The van der Waals surface area contributed by atoms with Crippen LogP contribution in [0.5, 0.6) is 0 Å². The first kappa shape index (κ1) is 40.1. The first-order chi connectivity index (χ1) is 26.1. The number of hydrogen-bond acceptors (Lipinski definition) is 11. The smallest absolute Gasteiger partial charge is 0.350 e. The molecule has 0 aliphatic heterocycles. The van der Waals surface area contributed by atoms with E-state index in [0.717, 1.165) is 60.9 Å². The van der Waals surface area contributed by atoms with Gasteiger partial charge in [0.05, 0.1) is 38.4 Å². The largest absolute Gasteiger partial charge is 0.477 e. The number of thiazole rings is 2. The lowest BCUT2D eigenvalue weighted by Gasteiger charge is -2.06. The van der Waals surface area contributed by atoms with Gasteiger partial charge in [-0.3, -0.25) is 20.2 Å². The number of aromatic nitrogens is 2. The Kier molecular flexibility index (Phi) is 12.3. The fraction of sp³-hybridized carbons (Fsp3) is 0.220. The van der Waals surface area contributed by atoms with E-state index in [4.69, 9.17) is 4.74 Å². The second-order valence-corrected chi connectivity index (χ2v) is 15.3. The highest BCUT2D eigenvalue weighted by atomic mass is 32.1. The maximum atomic E-state index is 12.3. The highest BCUT2D eigenvalue weighted by molar-refractivity contribution is 7.14. The molecule has 14 heteroatoms. The Morgan fingerprint density at radius 3 is 1.38 bits per heavy atom. The average molecular weight is 779 g/mol. The number of rotatable bonds is 10. The molecule has 0 aliphatic rings. The van der Waals surface area contributed by atoms with Gasteiger partial charge in [0, 0.05) is 47.2 Å². The summed E-state index contributed by atoms with van der Waals surface area (Å²) in [6.45, 7) is 11.0. The maximum absolute atomic E-state index is 12.3. The van der Waals surface area contributed by atoms with Crippen molar-refractivity contribution in [2.45, 2.75) is 54.4 Å². The minimum Gasteiger partial charge on any atom is -0.477 e. The molecule has 0 amide bonds. The molecule has 0 atom stereocenters. The van der Waals surface area contributed by atoms with Crippen LogP contribution in [0.1, 0.15) is 73.9 Å². The van der Waals surface area contributed by atoms with Gasteiger partial charge in [-0.15, -0.1) is 22.7 Å². The Morgan fingerprint density at radius 2 is 1.02 bits per heavy atom. The second-order valence-electron chi connectivity index (χ2n) is 13.1. The van der Waals surface area contributed by atoms with E-state index in [1.165, 1.54) is 18.4 Å². The number of methoxy groups -OCH3 is 1. The molecule has 0 fully saturated rings. The number of nitro benzene ring substituents is 2. The van der Waals surface area contributed by atoms with E-state index in [0.29, 0.717) is 45.2 Å². The SMILES string of the molecule is COC(=O)c1sc(Cc2cc(C)c([N+](=O)[O-])cc2C)nc1-c1ccc(C)cc1.Cc1ccc(-c2nc(Cc3cc(C)c([N+](=O)[O-])cc3C)sc2C(=O)O)cc1. The molecule has 0 saturated carbocycles. The molecule has 55 heavy (non-hydrogen) atoms. The summed E-state index contributed by atoms with van der Waals surface area (Å²) in [5.41, 5.74) is 9.72. The molecule has 2 heterocycles. The number of carboxylic acid groups (broad SMARTS) is 1. The van der Waals surface area contributed by atoms with Crippen molar-refractivity contribution in [1.29, 1.82) is 0 Å². The number of ether oxygens (including phenoxy) is 1. The van der Waals surface area contributed by atoms with Gasteiger partial charge >= 0.3 is 11.9 Å². The molecule has 12 nitrogen and oxygen atoms in total. The summed E-state index contributed by atoms with van der Waals surface area (Å²) in [4.78, 5) is 55.3. The van der Waals surface area contributed by atoms with Crippen LogP contribution in [-0.4, -0.2) is 44.0 Å². The van der Waals surface area contributed by atoms with Gasteiger partial charge in [0.1, 0.15) is 9.75 Å². The van der Waals surface area contributed by atoms with Crippen LogP contribution in [0.3, 0.4) is 0 Å². The summed E-state index contributed by atoms with van der Waals surface area (Å²) >= 11 is 2.43. The zero-order valence-electron chi connectivity index (χ0n) is 31.3. The Labute approximate surface area is 325 Å². The second kappa shape index (κ2) is 16.9. The van der Waals surface area contributed by atoms with Crippen molar-refractivity contribution in [2.24, 2.45) is 0 Å². The fourth-order valence-electron chi connectivity index (χ4n) is 5.89. The van der Waals surface area contributed by atoms with Crippen LogP contribution in [-0.2, 0) is 17.6 Å². The summed E-state index contributed by atoms with van der Waals surface area (Å²) in [5, 5.41) is 33.2. The summed E-state index contributed by atoms with van der Waals surface area (Å²) < 4.78 is 4.93. The summed E-state index contributed by atoms with van der Waals surface area (Å²) in [6.07, 6.45) is 0.923. The molecule has 282 valence electrons. The number of benzene rings is 4. The molecule has 0 radical (unpaired) electrons. The minimum atomic E-state index is -1.01. The molecule has 0 spiro atoms. The molecule has 1 N–H and O–H groups in total. The van der Waals surface area contributed by atoms with Crippen LogP contribution in [0, 0.1) is 61.8 Å². The van der Waals surface area contributed by atoms with Crippen molar-refractivity contribution in [1.82, 2.24) is 9.97 Å². The number of hydrogen-bond donors (Lipinski definition) is 1. The van der Waals surface area contributed by atoms with E-state index >= 15 is 0 Å². The molecule has 0 unspecified atom stereocenters. The van der Waals surface area contributed by atoms with Gasteiger partial charge in [0.25, 0.3) is 11.4 Å². The number of carboxylic acids is 1. The third-order valence-corrected chi connectivity index (χ3v) is 11.0. The molecular formula is C41H38N4O8S2. The van der Waals surface area contributed by atoms with Crippen LogP contribution >= 0.6 is 22.7 Å². The van der Waals surface area contributed by atoms with Crippen LogP contribution in [0.15, 0.2) is 72.8 Å². The van der Waals surface area contributed by atoms with Gasteiger partial charge in [-0.05, 0) is 75.9 Å². The third-order valence-electron chi connectivity index (χ3n) is 8.94. The zero-order valence-corrected chi connectivity index (χ0v) is 32.9. The van der Waals surface area contributed by atoms with Gasteiger partial charge in [-0.1, -0.05) is 59.7 Å². The molecule has 6 rings (SSSR count). The van der Waals surface area contributed by atoms with Gasteiger partial charge in [0.15, 0.2) is 0 Å². The van der Waals surface area contributed by atoms with Crippen molar-refractivity contribution in [3.8, 4) is 22.5 Å². The van der Waals surface area contributed by atoms with Crippen molar-refractivity contribution >= 4 is 46.0 Å². The van der Waals surface area contributed by atoms with E-state index in [-0.39, 0.29) is 21.2 Å². The predicted molar refractivity (Wildman–Crippen MR) is 214 cm³/mol. The van der Waals surface area contributed by atoms with E-state index in [9.17, 15) is 34.9 Å². The topological polar surface area (TPSA) is 176 Å². The van der Waals surface area contributed by atoms with Gasteiger partial charge in [-0.2, -0.15) is 0 Å². The standard InChI is InChI=1S/C21H20N2O4S.C20H18N2O4S/c1-12-5-7-15(8-6-12)19-20(21(24)27-4)28-18(22-19)11-16-9-14(3)17(23(25)26)10-13(16)2;1-11-4-6-14(7-5-11)18-19(20(23)24)27-17(21-18)10-15-8-13(3)16(22(25)26)9-12(15)2/h5-10H,11H2,1-4H3;4-9H,10H2,1-3H3,(H,23,24). The molecule has 0 aliphatic carbocycles. The zero-order chi connectivity index (χ0) is 40.1. The summed E-state index contributed by atoms with van der Waals surface area (Å²) in [6, 6.07) is 22.1. The summed E-state index contributed by atoms with van der Waals surface area (Å²) in [5.74, 6) is -1.43. The van der Waals surface area contributed by atoms with Crippen LogP contribution < -0.4 is 0 Å². The van der Waals surface area contributed by atoms with E-state index < -0.39 is 16.9 Å². The van der Waals surface area contributed by atoms with Crippen molar-refractivity contribution < 1.29 is 29.3 Å². The third kappa shape index (κ3) is 9.34. The monoisotopic (exact) mass is 778 g/mol. The molecule has 6 aromatic rings. The van der Waals surface area contributed by atoms with Crippen molar-refractivity contribution in [2.75, 3.05) is 7.11 Å².